The second-order valence-corrected chi connectivity index (χ2v) is 4.48. The molecule has 1 aromatic rings. The molecule has 2 heteroatoms. The van der Waals surface area contributed by atoms with E-state index in [0.717, 1.165) is 6.42 Å². The second kappa shape index (κ2) is 4.64. The van der Waals surface area contributed by atoms with Gasteiger partial charge >= 0.3 is 0 Å². The van der Waals surface area contributed by atoms with Crippen LogP contribution in [0.25, 0.3) is 6.08 Å². The molecule has 0 radical (unpaired) electrons. The van der Waals surface area contributed by atoms with Crippen LogP contribution in [0.5, 0.6) is 0 Å². The Kier molecular flexibility index (Phi) is 3.22. The number of allylic oxidation sites excluding steroid dienone is 1. The molecule has 0 N–H and O–H groups in total. The van der Waals surface area contributed by atoms with Gasteiger partial charge in [0.15, 0.2) is 0 Å². The lowest BCUT2D eigenvalue weighted by Crippen LogP contribution is -2.40. The summed E-state index contributed by atoms with van der Waals surface area (Å²) in [5, 5.41) is 11.6. The van der Waals surface area contributed by atoms with Gasteiger partial charge in [0.25, 0.3) is 0 Å². The quantitative estimate of drug-likeness (QED) is 0.549. The number of benzene rings is 1. The molecule has 2 nitrogen and oxygen atoms in total. The number of hydrogen-bond donors (Lipinski definition) is 0. The predicted molar refractivity (Wildman–Crippen MR) is 67.5 cm³/mol. The lowest BCUT2D eigenvalue weighted by molar-refractivity contribution is -0.856. The van der Waals surface area contributed by atoms with Crippen molar-refractivity contribution in [2.45, 2.75) is 6.42 Å². The van der Waals surface area contributed by atoms with Gasteiger partial charge in [0.1, 0.15) is 0 Å². The van der Waals surface area contributed by atoms with Crippen LogP contribution in [-0.4, -0.2) is 24.8 Å². The third kappa shape index (κ3) is 3.05. The average Bonchev–Trinajstić information content (AvgIpc) is 2.29. The van der Waals surface area contributed by atoms with Gasteiger partial charge in [-0.2, -0.15) is 0 Å². The molecule has 0 aromatic heterocycles. The molecule has 0 bridgehead atoms. The van der Waals surface area contributed by atoms with E-state index >= 15 is 0 Å². The molecule has 1 aliphatic heterocycles. The summed E-state index contributed by atoms with van der Waals surface area (Å²) in [6, 6.07) is 10.2. The summed E-state index contributed by atoms with van der Waals surface area (Å²) in [6.07, 6.45) is 7.15. The Bertz CT molecular complexity index is 404. The molecule has 0 aliphatic carbocycles. The molecule has 1 aromatic carbocycles. The van der Waals surface area contributed by atoms with Crippen molar-refractivity contribution in [2.24, 2.45) is 0 Å². The Hall–Kier alpha value is -1.38. The molecule has 1 atom stereocenters. The summed E-state index contributed by atoms with van der Waals surface area (Å²) in [6.45, 7) is 1.28. The molecule has 0 amide bonds. The Morgan fingerprint density at radius 2 is 1.94 bits per heavy atom. The van der Waals surface area contributed by atoms with Crippen molar-refractivity contribution < 1.29 is 4.65 Å². The van der Waals surface area contributed by atoms with Crippen molar-refractivity contribution in [1.82, 2.24) is 0 Å². The molecular weight excluding hydrogens is 198 g/mol. The fourth-order valence-corrected chi connectivity index (χ4v) is 1.79. The van der Waals surface area contributed by atoms with Crippen LogP contribution in [0.2, 0.25) is 0 Å². The van der Waals surface area contributed by atoms with Crippen molar-refractivity contribution in [3.63, 3.8) is 0 Å². The van der Waals surface area contributed by atoms with Crippen molar-refractivity contribution in [2.75, 3.05) is 20.1 Å². The van der Waals surface area contributed by atoms with Crippen LogP contribution in [0.1, 0.15) is 12.0 Å². The first-order valence-corrected chi connectivity index (χ1v) is 5.63. The summed E-state index contributed by atoms with van der Waals surface area (Å²) in [5.74, 6) is 0. The fourth-order valence-electron chi connectivity index (χ4n) is 1.79. The van der Waals surface area contributed by atoms with E-state index in [1.807, 2.05) is 18.2 Å². The highest BCUT2D eigenvalue weighted by Gasteiger charge is 2.14. The Morgan fingerprint density at radius 1 is 1.19 bits per heavy atom. The van der Waals surface area contributed by atoms with Gasteiger partial charge in [0.05, 0.1) is 20.1 Å². The third-order valence-electron chi connectivity index (χ3n) is 2.90. The van der Waals surface area contributed by atoms with Crippen molar-refractivity contribution >= 4 is 6.08 Å². The van der Waals surface area contributed by atoms with Gasteiger partial charge in [-0.25, -0.2) is 0 Å². The third-order valence-corrected chi connectivity index (χ3v) is 2.90. The number of quaternary nitrogens is 1. The molecule has 1 unspecified atom stereocenters. The molecule has 0 spiro atoms. The van der Waals surface area contributed by atoms with Crippen molar-refractivity contribution in [1.29, 1.82) is 0 Å². The molecule has 1 heterocycles. The first kappa shape index (κ1) is 11.1. The lowest BCUT2D eigenvalue weighted by atomic mass is 10.1. The highest BCUT2D eigenvalue weighted by atomic mass is 16.5. The summed E-state index contributed by atoms with van der Waals surface area (Å²) in [5.41, 5.74) is 2.48. The van der Waals surface area contributed by atoms with E-state index in [2.05, 4.69) is 30.4 Å². The van der Waals surface area contributed by atoms with Crippen molar-refractivity contribution in [3.05, 3.63) is 58.8 Å². The minimum absolute atomic E-state index is 0.136. The van der Waals surface area contributed by atoms with E-state index in [4.69, 9.17) is 0 Å². The minimum Gasteiger partial charge on any atom is -0.633 e. The van der Waals surface area contributed by atoms with Gasteiger partial charge in [0.2, 0.25) is 0 Å². The molecule has 0 fully saturated rings. The van der Waals surface area contributed by atoms with Crippen LogP contribution in [0.4, 0.5) is 0 Å². The van der Waals surface area contributed by atoms with E-state index in [-0.39, 0.29) is 4.65 Å². The smallest absolute Gasteiger partial charge is 0.0974 e. The summed E-state index contributed by atoms with van der Waals surface area (Å²) < 4.78 is -0.136. The number of rotatable bonds is 2. The largest absolute Gasteiger partial charge is 0.633 e. The van der Waals surface area contributed by atoms with Crippen LogP contribution in [0.3, 0.4) is 0 Å². The lowest BCUT2D eigenvalue weighted by Gasteiger charge is -2.40. The monoisotopic (exact) mass is 215 g/mol. The molecule has 0 saturated carbocycles. The topological polar surface area (TPSA) is 23.1 Å². The number of hydroxylamine groups is 3. The van der Waals surface area contributed by atoms with Crippen LogP contribution in [0, 0.1) is 5.21 Å². The van der Waals surface area contributed by atoms with Crippen LogP contribution in [-0.2, 0) is 0 Å². The normalized spacial score (nSPS) is 25.8. The number of hydrogen-bond acceptors (Lipinski definition) is 1. The fraction of sp³-hybridized carbons (Fsp3) is 0.286. The van der Waals surface area contributed by atoms with Crippen LogP contribution >= 0.6 is 0 Å². The average molecular weight is 215 g/mol. The highest BCUT2D eigenvalue weighted by molar-refractivity contribution is 5.52. The van der Waals surface area contributed by atoms with Gasteiger partial charge in [0, 0.05) is 6.42 Å². The zero-order valence-corrected chi connectivity index (χ0v) is 9.60. The number of likely N-dealkylation sites (N-methyl/N-ethyl adjacent to an activating group) is 1. The first-order chi connectivity index (χ1) is 7.66. The van der Waals surface area contributed by atoms with E-state index in [1.54, 1.807) is 7.05 Å². The SMILES string of the molecule is C[N+]1([O-])CC=C(/C=C/c2ccccc2)CC1. The summed E-state index contributed by atoms with van der Waals surface area (Å²) in [4.78, 5) is 0. The molecular formula is C14H17NO. The molecule has 2 rings (SSSR count). The van der Waals surface area contributed by atoms with E-state index in [1.165, 1.54) is 11.1 Å². The predicted octanol–water partition coefficient (Wildman–Crippen LogP) is 2.97. The Balaban J connectivity index is 2.02. The molecule has 84 valence electrons. The Morgan fingerprint density at radius 3 is 2.56 bits per heavy atom. The standard InChI is InChI=1S/C14H17NO/c1-15(16)11-9-14(10-12-15)8-7-13-5-3-2-4-6-13/h2-9H,10-12H2,1H3/b8-7+. The van der Waals surface area contributed by atoms with E-state index < -0.39 is 0 Å². The molecule has 0 saturated heterocycles. The van der Waals surface area contributed by atoms with Gasteiger partial charge in [-0.05, 0) is 17.2 Å². The molecule has 1 aliphatic rings. The minimum atomic E-state index is -0.136. The Labute approximate surface area is 96.7 Å². The molecule has 16 heavy (non-hydrogen) atoms. The first-order valence-electron chi connectivity index (χ1n) is 5.63. The van der Waals surface area contributed by atoms with E-state index in [0.29, 0.717) is 13.1 Å². The van der Waals surface area contributed by atoms with Crippen LogP contribution in [0.15, 0.2) is 48.1 Å². The maximum atomic E-state index is 11.6. The van der Waals surface area contributed by atoms with Crippen LogP contribution < -0.4 is 0 Å². The van der Waals surface area contributed by atoms with Gasteiger partial charge < -0.3 is 9.85 Å². The maximum absolute atomic E-state index is 11.6. The van der Waals surface area contributed by atoms with Gasteiger partial charge in [-0.1, -0.05) is 42.5 Å². The van der Waals surface area contributed by atoms with Gasteiger partial charge in [-0.15, -0.1) is 0 Å². The zero-order valence-electron chi connectivity index (χ0n) is 9.60. The van der Waals surface area contributed by atoms with Crippen molar-refractivity contribution in [3.8, 4) is 0 Å². The zero-order chi connectivity index (χ0) is 11.4. The van der Waals surface area contributed by atoms with Gasteiger partial charge in [-0.3, -0.25) is 0 Å². The number of nitrogens with zero attached hydrogens (tertiary/aromatic N) is 1. The second-order valence-electron chi connectivity index (χ2n) is 4.48. The highest BCUT2D eigenvalue weighted by Crippen LogP contribution is 2.17. The maximum Gasteiger partial charge on any atom is 0.0974 e. The summed E-state index contributed by atoms with van der Waals surface area (Å²) >= 11 is 0. The van der Waals surface area contributed by atoms with E-state index in [9.17, 15) is 5.21 Å². The summed E-state index contributed by atoms with van der Waals surface area (Å²) in [7, 11) is 1.73.